The number of carbonyl (C=O) groups excluding carboxylic acids is 1. The Balaban J connectivity index is 1.52. The number of carbonyl (C=O) groups is 1. The van der Waals surface area contributed by atoms with Crippen LogP contribution in [0.5, 0.6) is 0 Å². The Morgan fingerprint density at radius 1 is 1.15 bits per heavy atom. The second kappa shape index (κ2) is 14.9. The van der Waals surface area contributed by atoms with Crippen LogP contribution in [0.15, 0.2) is 35.6 Å². The lowest BCUT2D eigenvalue weighted by atomic mass is 9.86. The lowest BCUT2D eigenvalue weighted by Crippen LogP contribution is -2.40. The number of rotatable bonds is 13. The molecule has 0 unspecified atom stereocenters. The van der Waals surface area contributed by atoms with Crippen LogP contribution < -0.4 is 15.4 Å². The second-order valence-electron chi connectivity index (χ2n) is 14.4. The molecule has 254 valence electrons. The van der Waals surface area contributed by atoms with Crippen molar-refractivity contribution in [3.63, 3.8) is 0 Å². The zero-order valence-electron chi connectivity index (χ0n) is 28.2. The van der Waals surface area contributed by atoms with E-state index >= 15 is 0 Å². The van der Waals surface area contributed by atoms with Gasteiger partial charge in [0.25, 0.3) is 0 Å². The highest BCUT2D eigenvalue weighted by Gasteiger charge is 2.29. The van der Waals surface area contributed by atoms with E-state index in [0.717, 1.165) is 41.6 Å². The lowest BCUT2D eigenvalue weighted by Gasteiger charge is -2.28. The number of thiazole rings is 1. The molecule has 0 saturated heterocycles. The monoisotopic (exact) mass is 691 g/mol. The molecule has 1 aliphatic rings. The minimum atomic E-state index is -3.91. The van der Waals surface area contributed by atoms with Gasteiger partial charge in [0.2, 0.25) is 16.0 Å². The molecule has 2 heterocycles. The molecule has 0 aliphatic heterocycles. The lowest BCUT2D eigenvalue weighted by molar-refractivity contribution is 0.0883. The highest BCUT2D eigenvalue weighted by atomic mass is 32.2. The third kappa shape index (κ3) is 10.6. The fraction of sp³-hybridized carbons (Fsp3) is 0.613. The number of benzene rings is 1. The first kappa shape index (κ1) is 36.0. The summed E-state index contributed by atoms with van der Waals surface area (Å²) >= 11 is 1.51. The van der Waals surface area contributed by atoms with Crippen molar-refractivity contribution in [3.05, 3.63) is 35.7 Å². The van der Waals surface area contributed by atoms with E-state index in [0.29, 0.717) is 23.8 Å². The molecule has 1 amide bonds. The maximum absolute atomic E-state index is 13.8. The van der Waals surface area contributed by atoms with Gasteiger partial charge in [0, 0.05) is 49.6 Å². The zero-order chi connectivity index (χ0) is 33.7. The minimum absolute atomic E-state index is 0.0738. The van der Waals surface area contributed by atoms with Crippen LogP contribution in [0.2, 0.25) is 25.7 Å². The Hall–Kier alpha value is -2.85. The average molecular weight is 692 g/mol. The molecule has 4 rings (SSSR count). The number of nitrogens with zero attached hydrogens (tertiary/aromatic N) is 4. The first-order valence-corrected chi connectivity index (χ1v) is 21.8. The van der Waals surface area contributed by atoms with Gasteiger partial charge in [0.05, 0.1) is 20.9 Å². The summed E-state index contributed by atoms with van der Waals surface area (Å²) in [6.45, 7) is 17.0. The number of amides is 1. The molecular formula is C31H49N7O5S2Si. The summed E-state index contributed by atoms with van der Waals surface area (Å²) in [6, 6.07) is 6.39. The molecule has 2 aromatic heterocycles. The van der Waals surface area contributed by atoms with Gasteiger partial charge >= 0.3 is 6.09 Å². The van der Waals surface area contributed by atoms with Crippen LogP contribution >= 0.6 is 11.3 Å². The van der Waals surface area contributed by atoms with E-state index in [2.05, 4.69) is 45.2 Å². The molecule has 1 aliphatic carbocycles. The predicted molar refractivity (Wildman–Crippen MR) is 185 cm³/mol. The number of hydrogen-bond donors (Lipinski definition) is 3. The number of anilines is 2. The Kier molecular flexibility index (Phi) is 11.7. The highest BCUT2D eigenvalue weighted by Crippen LogP contribution is 2.40. The third-order valence-corrected chi connectivity index (χ3v) is 12.0. The molecule has 0 radical (unpaired) electrons. The molecule has 15 heteroatoms. The van der Waals surface area contributed by atoms with Gasteiger partial charge in [0.15, 0.2) is 0 Å². The minimum Gasteiger partial charge on any atom is -0.447 e. The van der Waals surface area contributed by atoms with Crippen molar-refractivity contribution in [2.45, 2.75) is 121 Å². The van der Waals surface area contributed by atoms with Crippen molar-refractivity contribution in [3.8, 4) is 10.4 Å². The summed E-state index contributed by atoms with van der Waals surface area (Å²) in [4.78, 5) is 17.7. The number of nitrogens with one attached hydrogen (secondary N) is 3. The maximum Gasteiger partial charge on any atom is 0.407 e. The summed E-state index contributed by atoms with van der Waals surface area (Å²) in [5.41, 5.74) is 0.454. The molecule has 0 bridgehead atoms. The van der Waals surface area contributed by atoms with Crippen molar-refractivity contribution in [2.24, 2.45) is 0 Å². The van der Waals surface area contributed by atoms with E-state index in [1.165, 1.54) is 11.3 Å². The van der Waals surface area contributed by atoms with Crippen LogP contribution in [0.25, 0.3) is 10.4 Å². The molecular weight excluding hydrogens is 643 g/mol. The van der Waals surface area contributed by atoms with Gasteiger partial charge in [-0.1, -0.05) is 25.7 Å². The van der Waals surface area contributed by atoms with Crippen LogP contribution in [-0.2, 0) is 26.2 Å². The number of alkyl carbamates (subject to hydrolysis) is 1. The number of sulfonamides is 1. The summed E-state index contributed by atoms with van der Waals surface area (Å²) < 4.78 is 43.2. The van der Waals surface area contributed by atoms with E-state index < -0.39 is 23.6 Å². The van der Waals surface area contributed by atoms with Gasteiger partial charge in [-0.05, 0) is 78.5 Å². The van der Waals surface area contributed by atoms with Crippen molar-refractivity contribution < 1.29 is 22.7 Å². The molecule has 3 aromatic rings. The van der Waals surface area contributed by atoms with E-state index in [-0.39, 0.29) is 35.8 Å². The first-order valence-electron chi connectivity index (χ1n) is 15.8. The molecule has 1 saturated carbocycles. The highest BCUT2D eigenvalue weighted by molar-refractivity contribution is 7.89. The normalized spacial score (nSPS) is 17.7. The Morgan fingerprint density at radius 2 is 1.87 bits per heavy atom. The summed E-state index contributed by atoms with van der Waals surface area (Å²) in [5, 5.41) is 15.4. The van der Waals surface area contributed by atoms with Gasteiger partial charge in [-0.3, -0.25) is 4.57 Å². The molecule has 3 N–H and O–H groups in total. The van der Waals surface area contributed by atoms with Crippen LogP contribution in [-0.4, -0.2) is 66.6 Å². The van der Waals surface area contributed by atoms with E-state index in [4.69, 9.17) is 14.5 Å². The van der Waals surface area contributed by atoms with Crippen molar-refractivity contribution in [1.82, 2.24) is 29.8 Å². The van der Waals surface area contributed by atoms with Crippen molar-refractivity contribution >= 4 is 47.2 Å². The quantitative estimate of drug-likeness (QED) is 0.132. The summed E-state index contributed by atoms with van der Waals surface area (Å²) in [7, 11) is -5.13. The summed E-state index contributed by atoms with van der Waals surface area (Å²) in [6.07, 6.45) is 6.22. The predicted octanol–water partition coefficient (Wildman–Crippen LogP) is 6.70. The van der Waals surface area contributed by atoms with Crippen LogP contribution in [0, 0.1) is 0 Å². The van der Waals surface area contributed by atoms with Gasteiger partial charge < -0.3 is 20.1 Å². The van der Waals surface area contributed by atoms with Crippen molar-refractivity contribution in [2.75, 3.05) is 11.9 Å². The number of aromatic nitrogens is 4. The second-order valence-corrected chi connectivity index (χ2v) is 22.7. The first-order chi connectivity index (χ1) is 21.5. The fourth-order valence-corrected chi connectivity index (χ4v) is 8.71. The largest absolute Gasteiger partial charge is 0.447 e. The topological polar surface area (TPSA) is 149 Å². The van der Waals surface area contributed by atoms with Gasteiger partial charge in [-0.2, -0.15) is 0 Å². The number of hydrogen-bond acceptors (Lipinski definition) is 10. The van der Waals surface area contributed by atoms with E-state index in [9.17, 15) is 13.2 Å². The van der Waals surface area contributed by atoms with E-state index in [1.807, 2.05) is 46.8 Å². The standard InChI is InChI=1S/C31H49N7O5S2Si/c1-21(2)43-30(39)35-23-11-9-22(10-12-23)28-32-18-26(44-28)25-14-13-24(17-27(25)45(40,41)37-31(3,4)5)34-29-36-33-19-38(29)20-42-15-16-46(6,7)8/h13-14,17-19,21-23,37H,9-12,15-16,20H2,1-8H3,(H,34,36)(H,35,39). The Labute approximate surface area is 278 Å². The molecule has 46 heavy (non-hydrogen) atoms. The molecule has 1 fully saturated rings. The van der Waals surface area contributed by atoms with Gasteiger partial charge in [0.1, 0.15) is 13.1 Å². The Morgan fingerprint density at radius 3 is 2.52 bits per heavy atom. The van der Waals surface area contributed by atoms with E-state index in [1.54, 1.807) is 23.2 Å². The molecule has 0 atom stereocenters. The zero-order valence-corrected chi connectivity index (χ0v) is 30.8. The maximum atomic E-state index is 13.8. The van der Waals surface area contributed by atoms with Crippen molar-refractivity contribution in [1.29, 1.82) is 0 Å². The van der Waals surface area contributed by atoms with Crippen LogP contribution in [0.1, 0.15) is 71.2 Å². The fourth-order valence-electron chi connectivity index (χ4n) is 5.10. The van der Waals surface area contributed by atoms with Crippen LogP contribution in [0.3, 0.4) is 0 Å². The Bertz CT molecular complexity index is 1570. The molecule has 12 nitrogen and oxygen atoms in total. The van der Waals surface area contributed by atoms with Gasteiger partial charge in [-0.25, -0.2) is 22.9 Å². The SMILES string of the molecule is CC(C)OC(=O)NC1CCC(c2ncc(-c3ccc(Nc4nncn4COCC[Si](C)(C)C)cc3S(=O)(=O)NC(C)(C)C)s2)CC1. The van der Waals surface area contributed by atoms with Gasteiger partial charge in [-0.15, -0.1) is 21.5 Å². The van der Waals surface area contributed by atoms with Crippen LogP contribution in [0.4, 0.5) is 16.4 Å². The molecule has 0 spiro atoms. The average Bonchev–Trinajstić information content (AvgIpc) is 3.59. The summed E-state index contributed by atoms with van der Waals surface area (Å²) in [5.74, 6) is 0.696. The smallest absolute Gasteiger partial charge is 0.407 e. The molecule has 1 aromatic carbocycles. The third-order valence-electron chi connectivity index (χ3n) is 7.34. The number of ether oxygens (including phenoxy) is 2.